The number of rotatable bonds is 5. The molecule has 5 nitrogen and oxygen atoms in total. The third kappa shape index (κ3) is 4.36. The molecule has 0 aliphatic carbocycles. The van der Waals surface area contributed by atoms with E-state index in [0.29, 0.717) is 17.4 Å². The molecule has 0 amide bonds. The maximum atomic E-state index is 10.9. The van der Waals surface area contributed by atoms with Crippen LogP contribution >= 0.6 is 12.2 Å². The third-order valence-electron chi connectivity index (χ3n) is 2.10. The van der Waals surface area contributed by atoms with Crippen molar-refractivity contribution in [3.8, 4) is 0 Å². The van der Waals surface area contributed by atoms with Gasteiger partial charge >= 0.3 is 5.97 Å². The maximum absolute atomic E-state index is 10.9. The van der Waals surface area contributed by atoms with Crippen molar-refractivity contribution in [3.63, 3.8) is 0 Å². The van der Waals surface area contributed by atoms with Gasteiger partial charge in [0.05, 0.1) is 13.5 Å². The highest BCUT2D eigenvalue weighted by Crippen LogP contribution is 2.10. The SMILES string of the molecule is COC(=O)CCNc1cc(C(N)=S)cc(C)n1. The fourth-order valence-corrected chi connectivity index (χ4v) is 1.41. The molecular formula is C11H15N3O2S. The van der Waals surface area contributed by atoms with E-state index in [9.17, 15) is 4.79 Å². The fraction of sp³-hybridized carbons (Fsp3) is 0.364. The summed E-state index contributed by atoms with van der Waals surface area (Å²) in [6.45, 7) is 2.31. The van der Waals surface area contributed by atoms with Crippen LogP contribution in [0.4, 0.5) is 5.82 Å². The molecule has 17 heavy (non-hydrogen) atoms. The smallest absolute Gasteiger partial charge is 0.307 e. The van der Waals surface area contributed by atoms with Crippen molar-refractivity contribution < 1.29 is 9.53 Å². The number of methoxy groups -OCH3 is 1. The summed E-state index contributed by atoms with van der Waals surface area (Å²) in [4.78, 5) is 15.5. The molecule has 0 fully saturated rings. The molecule has 0 aliphatic heterocycles. The molecule has 0 aromatic carbocycles. The van der Waals surface area contributed by atoms with Gasteiger partial charge in [0.15, 0.2) is 0 Å². The third-order valence-corrected chi connectivity index (χ3v) is 2.34. The van der Waals surface area contributed by atoms with E-state index in [0.717, 1.165) is 11.3 Å². The summed E-state index contributed by atoms with van der Waals surface area (Å²) in [5, 5.41) is 3.02. The van der Waals surface area contributed by atoms with Crippen LogP contribution in [0, 0.1) is 6.92 Å². The molecule has 1 aromatic heterocycles. The quantitative estimate of drug-likeness (QED) is 0.602. The minimum Gasteiger partial charge on any atom is -0.469 e. The van der Waals surface area contributed by atoms with Crippen molar-refractivity contribution in [2.75, 3.05) is 19.0 Å². The number of hydrogen-bond donors (Lipinski definition) is 2. The molecule has 92 valence electrons. The van der Waals surface area contributed by atoms with Gasteiger partial charge in [0.2, 0.25) is 0 Å². The van der Waals surface area contributed by atoms with Gasteiger partial charge in [-0.15, -0.1) is 0 Å². The molecular weight excluding hydrogens is 238 g/mol. The van der Waals surface area contributed by atoms with Gasteiger partial charge in [-0.2, -0.15) is 0 Å². The summed E-state index contributed by atoms with van der Waals surface area (Å²) in [7, 11) is 1.36. The second-order valence-electron chi connectivity index (χ2n) is 3.50. The molecule has 6 heteroatoms. The molecule has 0 bridgehead atoms. The van der Waals surface area contributed by atoms with E-state index < -0.39 is 0 Å². The Morgan fingerprint density at radius 1 is 1.59 bits per heavy atom. The number of pyridine rings is 1. The summed E-state index contributed by atoms with van der Waals surface area (Å²) in [6.07, 6.45) is 0.286. The topological polar surface area (TPSA) is 77.2 Å². The fourth-order valence-electron chi connectivity index (χ4n) is 1.30. The molecule has 3 N–H and O–H groups in total. The predicted octanol–water partition coefficient (Wildman–Crippen LogP) is 0.999. The first-order chi connectivity index (χ1) is 8.02. The number of anilines is 1. The molecule has 1 heterocycles. The zero-order valence-corrected chi connectivity index (χ0v) is 10.6. The zero-order valence-electron chi connectivity index (χ0n) is 9.82. The highest BCUT2D eigenvalue weighted by atomic mass is 32.1. The van der Waals surface area contributed by atoms with Crippen LogP contribution in [0.3, 0.4) is 0 Å². The van der Waals surface area contributed by atoms with E-state index in [4.69, 9.17) is 18.0 Å². The summed E-state index contributed by atoms with van der Waals surface area (Å²) in [5.41, 5.74) is 7.12. The Balaban J connectivity index is 2.65. The Morgan fingerprint density at radius 2 is 2.29 bits per heavy atom. The first-order valence-electron chi connectivity index (χ1n) is 5.12. The summed E-state index contributed by atoms with van der Waals surface area (Å²) >= 11 is 4.90. The van der Waals surface area contributed by atoms with Crippen molar-refractivity contribution in [3.05, 3.63) is 23.4 Å². The largest absolute Gasteiger partial charge is 0.469 e. The molecule has 0 spiro atoms. The zero-order chi connectivity index (χ0) is 12.8. The normalized spacial score (nSPS) is 9.76. The lowest BCUT2D eigenvalue weighted by molar-refractivity contribution is -0.140. The van der Waals surface area contributed by atoms with Crippen LogP contribution in [-0.4, -0.2) is 29.6 Å². The molecule has 0 unspecified atom stereocenters. The number of hydrogen-bond acceptors (Lipinski definition) is 5. The van der Waals surface area contributed by atoms with Gasteiger partial charge < -0.3 is 15.8 Å². The monoisotopic (exact) mass is 253 g/mol. The molecule has 1 aromatic rings. The minimum atomic E-state index is -0.264. The van der Waals surface area contributed by atoms with Gasteiger partial charge in [0, 0.05) is 17.8 Å². The van der Waals surface area contributed by atoms with Crippen LogP contribution in [0.5, 0.6) is 0 Å². The van der Waals surface area contributed by atoms with E-state index in [-0.39, 0.29) is 12.4 Å². The number of ether oxygens (including phenoxy) is 1. The van der Waals surface area contributed by atoms with Crippen molar-refractivity contribution in [2.24, 2.45) is 5.73 Å². The number of carbonyl (C=O) groups excluding carboxylic acids is 1. The lowest BCUT2D eigenvalue weighted by Gasteiger charge is -2.08. The average molecular weight is 253 g/mol. The summed E-state index contributed by atoms with van der Waals surface area (Å²) in [5.74, 6) is 0.386. The van der Waals surface area contributed by atoms with Gasteiger partial charge in [0.1, 0.15) is 10.8 Å². The van der Waals surface area contributed by atoms with Crippen LogP contribution in [0.15, 0.2) is 12.1 Å². The van der Waals surface area contributed by atoms with Crippen molar-refractivity contribution >= 4 is 29.0 Å². The highest BCUT2D eigenvalue weighted by Gasteiger charge is 2.04. The lowest BCUT2D eigenvalue weighted by atomic mass is 10.2. The van der Waals surface area contributed by atoms with Crippen molar-refractivity contribution in [1.29, 1.82) is 0 Å². The molecule has 0 atom stereocenters. The van der Waals surface area contributed by atoms with Crippen LogP contribution < -0.4 is 11.1 Å². The number of thiocarbonyl (C=S) groups is 1. The number of nitrogens with one attached hydrogen (secondary N) is 1. The van der Waals surface area contributed by atoms with E-state index in [1.807, 2.05) is 13.0 Å². The van der Waals surface area contributed by atoms with Crippen LogP contribution in [0.1, 0.15) is 17.7 Å². The lowest BCUT2D eigenvalue weighted by Crippen LogP contribution is -2.13. The predicted molar refractivity (Wildman–Crippen MR) is 70.0 cm³/mol. The first kappa shape index (κ1) is 13.4. The van der Waals surface area contributed by atoms with Gasteiger partial charge in [-0.25, -0.2) is 4.98 Å². The molecule has 0 radical (unpaired) electrons. The minimum absolute atomic E-state index is 0.264. The number of carbonyl (C=O) groups is 1. The van der Waals surface area contributed by atoms with Gasteiger partial charge in [-0.1, -0.05) is 12.2 Å². The second-order valence-corrected chi connectivity index (χ2v) is 3.94. The van der Waals surface area contributed by atoms with Crippen LogP contribution in [0.2, 0.25) is 0 Å². The van der Waals surface area contributed by atoms with E-state index in [1.54, 1.807) is 6.07 Å². The molecule has 0 saturated heterocycles. The number of aromatic nitrogens is 1. The Hall–Kier alpha value is -1.69. The number of aryl methyl sites for hydroxylation is 1. The van der Waals surface area contributed by atoms with Crippen LogP contribution in [-0.2, 0) is 9.53 Å². The van der Waals surface area contributed by atoms with E-state index in [1.165, 1.54) is 7.11 Å². The first-order valence-corrected chi connectivity index (χ1v) is 5.53. The Bertz CT molecular complexity index is 435. The number of esters is 1. The van der Waals surface area contributed by atoms with Gasteiger partial charge in [-0.05, 0) is 19.1 Å². The highest BCUT2D eigenvalue weighted by molar-refractivity contribution is 7.80. The average Bonchev–Trinajstić information content (AvgIpc) is 2.28. The standard InChI is InChI=1S/C11H15N3O2S/c1-7-5-8(11(12)17)6-9(14-7)13-4-3-10(15)16-2/h5-6H,3-4H2,1-2H3,(H2,12,17)(H,13,14). The molecule has 0 aliphatic rings. The molecule has 0 saturated carbocycles. The van der Waals surface area contributed by atoms with Gasteiger partial charge in [0.25, 0.3) is 0 Å². The van der Waals surface area contributed by atoms with Crippen molar-refractivity contribution in [1.82, 2.24) is 4.98 Å². The van der Waals surface area contributed by atoms with Crippen molar-refractivity contribution in [2.45, 2.75) is 13.3 Å². The Kier molecular flexibility index (Phi) is 4.84. The summed E-state index contributed by atoms with van der Waals surface area (Å²) < 4.78 is 4.53. The summed E-state index contributed by atoms with van der Waals surface area (Å²) in [6, 6.07) is 3.57. The molecule has 1 rings (SSSR count). The van der Waals surface area contributed by atoms with Crippen LogP contribution in [0.25, 0.3) is 0 Å². The number of nitrogens with two attached hydrogens (primary N) is 1. The maximum Gasteiger partial charge on any atom is 0.307 e. The Morgan fingerprint density at radius 3 is 2.88 bits per heavy atom. The van der Waals surface area contributed by atoms with E-state index in [2.05, 4.69) is 15.0 Å². The van der Waals surface area contributed by atoms with E-state index >= 15 is 0 Å². The second kappa shape index (κ2) is 6.15. The number of nitrogens with zero attached hydrogens (tertiary/aromatic N) is 1. The van der Waals surface area contributed by atoms with Gasteiger partial charge in [-0.3, -0.25) is 4.79 Å². The Labute approximate surface area is 105 Å².